The van der Waals surface area contributed by atoms with E-state index in [0.29, 0.717) is 20.8 Å². The summed E-state index contributed by atoms with van der Waals surface area (Å²) in [5.74, 6) is -2.22. The Morgan fingerprint density at radius 2 is 1.86 bits per heavy atom. The number of allylic oxidation sites excluding steroid dienone is 1. The van der Waals surface area contributed by atoms with Gasteiger partial charge in [-0.15, -0.1) is 0 Å². The first-order chi connectivity index (χ1) is 13.4. The summed E-state index contributed by atoms with van der Waals surface area (Å²) in [6.45, 7) is 6.58. The maximum absolute atomic E-state index is 13.0. The Bertz CT molecular complexity index is 925. The predicted octanol–water partition coefficient (Wildman–Crippen LogP) is 4.48. The number of hydrogen-bond acceptors (Lipinski definition) is 4. The van der Waals surface area contributed by atoms with Crippen LogP contribution < -0.4 is 10.6 Å². The summed E-state index contributed by atoms with van der Waals surface area (Å²) in [4.78, 5) is 52.1. The number of imide groups is 1. The van der Waals surface area contributed by atoms with E-state index >= 15 is 0 Å². The smallest absolute Gasteiger partial charge is 0.323 e. The molecule has 0 aromatic heterocycles. The summed E-state index contributed by atoms with van der Waals surface area (Å²) in [6, 6.07) is 1.87. The van der Waals surface area contributed by atoms with Crippen molar-refractivity contribution in [3.63, 3.8) is 0 Å². The van der Waals surface area contributed by atoms with Gasteiger partial charge in [-0.2, -0.15) is 0 Å². The molecule has 1 aromatic carbocycles. The molecule has 10 heteroatoms. The first-order valence-corrected chi connectivity index (χ1v) is 10.3. The van der Waals surface area contributed by atoms with Crippen molar-refractivity contribution in [2.24, 2.45) is 5.41 Å². The highest BCUT2D eigenvalue weighted by Gasteiger charge is 2.48. The fourth-order valence-electron chi connectivity index (χ4n) is 2.58. The van der Waals surface area contributed by atoms with E-state index in [-0.39, 0.29) is 16.4 Å². The second-order valence-corrected chi connectivity index (χ2v) is 9.17. The molecule has 4 amide bonds. The third-order valence-electron chi connectivity index (χ3n) is 4.15. The highest BCUT2D eigenvalue weighted by Crippen LogP contribution is 2.29. The summed E-state index contributed by atoms with van der Waals surface area (Å²) < 4.78 is 0.460. The Kier molecular flexibility index (Phi) is 7.14. The maximum atomic E-state index is 13.0. The topological polar surface area (TPSA) is 95.6 Å². The third kappa shape index (κ3) is 4.99. The van der Waals surface area contributed by atoms with Crippen LogP contribution in [0.3, 0.4) is 0 Å². The Hall–Kier alpha value is -1.90. The van der Waals surface area contributed by atoms with Crippen LogP contribution in [-0.2, 0) is 14.4 Å². The van der Waals surface area contributed by atoms with Gasteiger partial charge < -0.3 is 10.6 Å². The zero-order valence-electron chi connectivity index (χ0n) is 16.2. The van der Waals surface area contributed by atoms with Crippen molar-refractivity contribution in [2.75, 3.05) is 5.32 Å². The molecule has 0 spiro atoms. The predicted molar refractivity (Wildman–Crippen MR) is 115 cm³/mol. The van der Waals surface area contributed by atoms with E-state index in [1.165, 1.54) is 18.2 Å². The van der Waals surface area contributed by atoms with Gasteiger partial charge in [-0.05, 0) is 24.6 Å². The van der Waals surface area contributed by atoms with E-state index in [4.69, 9.17) is 23.2 Å². The van der Waals surface area contributed by atoms with Crippen molar-refractivity contribution in [2.45, 2.75) is 40.2 Å². The van der Waals surface area contributed by atoms with E-state index in [9.17, 15) is 19.2 Å². The minimum Gasteiger partial charge on any atom is -0.323 e. The first kappa shape index (κ1) is 23.4. The number of anilines is 1. The highest BCUT2D eigenvalue weighted by atomic mass is 79.9. The number of nitrogens with one attached hydrogen (secondary N) is 2. The summed E-state index contributed by atoms with van der Waals surface area (Å²) >= 11 is 15.2. The number of nitrogens with zero attached hydrogens (tertiary/aromatic N) is 1. The molecule has 1 unspecified atom stereocenters. The van der Waals surface area contributed by atoms with Crippen molar-refractivity contribution in [1.29, 1.82) is 0 Å². The molecule has 1 fully saturated rings. The Morgan fingerprint density at radius 1 is 1.24 bits per heavy atom. The van der Waals surface area contributed by atoms with Crippen molar-refractivity contribution < 1.29 is 19.2 Å². The Morgan fingerprint density at radius 3 is 2.38 bits per heavy atom. The molecule has 1 aliphatic rings. The van der Waals surface area contributed by atoms with Crippen LogP contribution in [0.1, 0.15) is 34.1 Å². The minimum absolute atomic E-state index is 0.00142. The molecule has 0 aliphatic carbocycles. The number of carbonyl (C=O) groups is 4. The van der Waals surface area contributed by atoms with Gasteiger partial charge in [0.05, 0.1) is 10.7 Å². The van der Waals surface area contributed by atoms with Crippen molar-refractivity contribution >= 4 is 68.4 Å². The lowest BCUT2D eigenvalue weighted by molar-refractivity contribution is -0.142. The number of urea groups is 1. The molecule has 2 rings (SSSR count). The second-order valence-electron chi connectivity index (χ2n) is 7.37. The molecule has 1 atom stereocenters. The molecule has 29 heavy (non-hydrogen) atoms. The summed E-state index contributed by atoms with van der Waals surface area (Å²) in [6.07, 6.45) is 0.444. The zero-order valence-corrected chi connectivity index (χ0v) is 19.3. The highest BCUT2D eigenvalue weighted by molar-refractivity contribution is 9.11. The van der Waals surface area contributed by atoms with Gasteiger partial charge in [-0.3, -0.25) is 14.4 Å². The molecule has 1 aromatic rings. The first-order valence-electron chi connectivity index (χ1n) is 8.71. The molecule has 1 aliphatic heterocycles. The van der Waals surface area contributed by atoms with Gasteiger partial charge in [0.15, 0.2) is 11.8 Å². The average Bonchev–Trinajstić information content (AvgIpc) is 2.91. The van der Waals surface area contributed by atoms with Crippen LogP contribution in [0.5, 0.6) is 0 Å². The van der Waals surface area contributed by atoms with E-state index in [2.05, 4.69) is 26.6 Å². The SMILES string of the molecule is CCC(Br)=C1NC(=O)N(C(C(=O)Nc2ccc(Cl)cc2Cl)C(=O)C(C)(C)C)C1=O. The number of halogens is 3. The third-order valence-corrected chi connectivity index (χ3v) is 5.65. The molecular formula is C19H20BrCl2N3O4. The monoisotopic (exact) mass is 503 g/mol. The summed E-state index contributed by atoms with van der Waals surface area (Å²) in [5.41, 5.74) is -0.798. The summed E-state index contributed by atoms with van der Waals surface area (Å²) in [7, 11) is 0. The van der Waals surface area contributed by atoms with Gasteiger partial charge in [-0.1, -0.05) is 66.8 Å². The van der Waals surface area contributed by atoms with E-state index < -0.39 is 35.1 Å². The second kappa shape index (κ2) is 8.85. The molecule has 1 heterocycles. The molecule has 2 N–H and O–H groups in total. The zero-order chi connectivity index (χ0) is 22.1. The van der Waals surface area contributed by atoms with E-state index in [0.717, 1.165) is 0 Å². The van der Waals surface area contributed by atoms with E-state index in [1.807, 2.05) is 0 Å². The lowest BCUT2D eigenvalue weighted by Crippen LogP contribution is -2.55. The maximum Gasteiger partial charge on any atom is 0.330 e. The van der Waals surface area contributed by atoms with E-state index in [1.54, 1.807) is 27.7 Å². The standard InChI is InChI=1S/C19H20BrCl2N3O4/c1-5-10(20)13-17(28)25(18(29)24-13)14(15(26)19(2,3)4)16(27)23-12-7-6-9(21)8-11(12)22/h6-8,14H,5H2,1-4H3,(H,23,27)(H,24,29). The van der Waals surface area contributed by atoms with Gasteiger partial charge in [-0.25, -0.2) is 9.69 Å². The molecule has 0 bridgehead atoms. The number of carbonyl (C=O) groups excluding carboxylic acids is 4. The Balaban J connectivity index is 2.48. The number of benzene rings is 1. The van der Waals surface area contributed by atoms with Crippen LogP contribution in [0.15, 0.2) is 28.4 Å². The van der Waals surface area contributed by atoms with Crippen molar-refractivity contribution in [1.82, 2.24) is 10.2 Å². The van der Waals surface area contributed by atoms with Gasteiger partial charge in [0.1, 0.15) is 5.70 Å². The lowest BCUT2D eigenvalue weighted by atomic mass is 9.85. The van der Waals surface area contributed by atoms with Crippen LogP contribution in [-0.4, -0.2) is 34.6 Å². The summed E-state index contributed by atoms with van der Waals surface area (Å²) in [5, 5.41) is 5.45. The van der Waals surface area contributed by atoms with Crippen LogP contribution in [0.4, 0.5) is 10.5 Å². The van der Waals surface area contributed by atoms with Crippen LogP contribution >= 0.6 is 39.1 Å². The fourth-order valence-corrected chi connectivity index (χ4v) is 3.31. The van der Waals surface area contributed by atoms with Crippen LogP contribution in [0.25, 0.3) is 0 Å². The van der Waals surface area contributed by atoms with Crippen LogP contribution in [0, 0.1) is 5.41 Å². The number of rotatable bonds is 5. The average molecular weight is 505 g/mol. The largest absolute Gasteiger partial charge is 0.330 e. The van der Waals surface area contributed by atoms with Crippen molar-refractivity contribution in [3.05, 3.63) is 38.4 Å². The Labute approximate surface area is 186 Å². The number of ketones is 1. The lowest BCUT2D eigenvalue weighted by Gasteiger charge is -2.28. The van der Waals surface area contributed by atoms with Crippen LogP contribution in [0.2, 0.25) is 10.0 Å². The quantitative estimate of drug-likeness (QED) is 0.351. The minimum atomic E-state index is -1.68. The van der Waals surface area contributed by atoms with Gasteiger partial charge in [0, 0.05) is 14.9 Å². The van der Waals surface area contributed by atoms with Gasteiger partial charge >= 0.3 is 6.03 Å². The molecule has 156 valence electrons. The molecule has 7 nitrogen and oxygen atoms in total. The van der Waals surface area contributed by atoms with Gasteiger partial charge in [0.25, 0.3) is 11.8 Å². The normalized spacial score (nSPS) is 17.1. The molecular weight excluding hydrogens is 485 g/mol. The molecule has 0 radical (unpaired) electrons. The number of Topliss-reactive ketones (excluding diaryl/α,β-unsaturated/α-hetero) is 1. The fraction of sp³-hybridized carbons (Fsp3) is 0.368. The van der Waals surface area contributed by atoms with Gasteiger partial charge in [0.2, 0.25) is 0 Å². The molecule has 0 saturated carbocycles. The number of amides is 4. The van der Waals surface area contributed by atoms with Crippen molar-refractivity contribution in [3.8, 4) is 0 Å². The number of hydrogen-bond donors (Lipinski definition) is 2. The molecule has 1 saturated heterocycles.